The Bertz CT molecular complexity index is 335. The molecule has 96 valence electrons. The molecule has 1 rings (SSSR count). The fraction of sp³-hybridized carbons (Fsp3) is 0.545. The summed E-state index contributed by atoms with van der Waals surface area (Å²) < 4.78 is 36.9. The molecule has 1 aromatic rings. The molecule has 6 heteroatoms. The normalized spacial score (nSPS) is 11.6. The zero-order valence-corrected chi connectivity index (χ0v) is 9.88. The van der Waals surface area contributed by atoms with E-state index in [1.165, 1.54) is 6.07 Å². The van der Waals surface area contributed by atoms with Crippen molar-refractivity contribution in [3.05, 3.63) is 23.9 Å². The molecular formula is C11H16F3N3. The van der Waals surface area contributed by atoms with E-state index in [1.807, 2.05) is 11.8 Å². The lowest BCUT2D eigenvalue weighted by molar-refractivity contribution is -0.137. The van der Waals surface area contributed by atoms with Gasteiger partial charge in [0.05, 0.1) is 5.56 Å². The van der Waals surface area contributed by atoms with Gasteiger partial charge in [-0.2, -0.15) is 13.2 Å². The zero-order valence-electron chi connectivity index (χ0n) is 9.88. The standard InChI is InChI=1S/C11H16F3N3/c1-3-15-6-7-17(2)10-5-4-9(8-16-10)11(12,13)14/h4-5,8,15H,3,6-7H2,1-2H3. The first-order chi connectivity index (χ1) is 7.95. The van der Waals surface area contributed by atoms with Crippen molar-refractivity contribution < 1.29 is 13.2 Å². The Morgan fingerprint density at radius 1 is 1.35 bits per heavy atom. The lowest BCUT2D eigenvalue weighted by Gasteiger charge is -2.18. The molecule has 0 radical (unpaired) electrons. The van der Waals surface area contributed by atoms with Crippen LogP contribution in [-0.4, -0.2) is 31.7 Å². The number of aromatic nitrogens is 1. The van der Waals surface area contributed by atoms with Gasteiger partial charge in [-0.05, 0) is 18.7 Å². The quantitative estimate of drug-likeness (QED) is 0.808. The first-order valence-electron chi connectivity index (χ1n) is 5.40. The van der Waals surface area contributed by atoms with Gasteiger partial charge in [-0.1, -0.05) is 6.92 Å². The highest BCUT2D eigenvalue weighted by Crippen LogP contribution is 2.29. The smallest absolute Gasteiger partial charge is 0.358 e. The molecule has 3 nitrogen and oxygen atoms in total. The van der Waals surface area contributed by atoms with Crippen molar-refractivity contribution in [2.75, 3.05) is 31.6 Å². The number of rotatable bonds is 5. The zero-order chi connectivity index (χ0) is 12.9. The second kappa shape index (κ2) is 5.86. The number of nitrogens with zero attached hydrogens (tertiary/aromatic N) is 2. The summed E-state index contributed by atoms with van der Waals surface area (Å²) in [6.45, 7) is 4.34. The summed E-state index contributed by atoms with van der Waals surface area (Å²) in [6.07, 6.45) is -3.47. The number of hydrogen-bond acceptors (Lipinski definition) is 3. The van der Waals surface area contributed by atoms with Crippen LogP contribution in [0.1, 0.15) is 12.5 Å². The highest BCUT2D eigenvalue weighted by Gasteiger charge is 2.30. The molecule has 0 bridgehead atoms. The van der Waals surface area contributed by atoms with Gasteiger partial charge in [0.1, 0.15) is 5.82 Å². The molecule has 0 aliphatic heterocycles. The van der Waals surface area contributed by atoms with Gasteiger partial charge in [0.25, 0.3) is 0 Å². The van der Waals surface area contributed by atoms with Crippen LogP contribution in [0.2, 0.25) is 0 Å². The molecular weight excluding hydrogens is 231 g/mol. The molecule has 17 heavy (non-hydrogen) atoms. The molecule has 0 saturated carbocycles. The molecule has 0 atom stereocenters. The van der Waals surface area contributed by atoms with Crippen LogP contribution in [0.25, 0.3) is 0 Å². The number of nitrogens with one attached hydrogen (secondary N) is 1. The van der Waals surface area contributed by atoms with E-state index in [9.17, 15) is 13.2 Å². The average Bonchev–Trinajstić information content (AvgIpc) is 2.28. The lowest BCUT2D eigenvalue weighted by Crippen LogP contribution is -2.29. The fourth-order valence-electron chi connectivity index (χ4n) is 1.32. The van der Waals surface area contributed by atoms with E-state index in [0.717, 1.165) is 25.4 Å². The summed E-state index contributed by atoms with van der Waals surface area (Å²) in [4.78, 5) is 5.61. The Balaban J connectivity index is 2.61. The van der Waals surface area contributed by atoms with E-state index in [-0.39, 0.29) is 0 Å². The van der Waals surface area contributed by atoms with Crippen LogP contribution < -0.4 is 10.2 Å². The van der Waals surface area contributed by atoms with Crippen LogP contribution in [-0.2, 0) is 6.18 Å². The molecule has 1 heterocycles. The third kappa shape index (κ3) is 4.22. The third-order valence-electron chi connectivity index (χ3n) is 2.34. The van der Waals surface area contributed by atoms with E-state index >= 15 is 0 Å². The van der Waals surface area contributed by atoms with Gasteiger partial charge in [0, 0.05) is 26.3 Å². The molecule has 0 aliphatic carbocycles. The largest absolute Gasteiger partial charge is 0.417 e. The van der Waals surface area contributed by atoms with Crippen LogP contribution in [0.4, 0.5) is 19.0 Å². The molecule has 0 amide bonds. The number of alkyl halides is 3. The fourth-order valence-corrected chi connectivity index (χ4v) is 1.32. The maximum Gasteiger partial charge on any atom is 0.417 e. The minimum atomic E-state index is -4.33. The van der Waals surface area contributed by atoms with Crippen molar-refractivity contribution in [3.8, 4) is 0 Å². The second-order valence-corrected chi connectivity index (χ2v) is 3.68. The minimum absolute atomic E-state index is 0.538. The molecule has 0 spiro atoms. The van der Waals surface area contributed by atoms with Crippen molar-refractivity contribution in [1.29, 1.82) is 0 Å². The van der Waals surface area contributed by atoms with Gasteiger partial charge in [0.2, 0.25) is 0 Å². The maximum atomic E-state index is 12.3. The summed E-state index contributed by atoms with van der Waals surface area (Å²) in [5, 5.41) is 3.14. The van der Waals surface area contributed by atoms with Crippen molar-refractivity contribution in [2.45, 2.75) is 13.1 Å². The Morgan fingerprint density at radius 2 is 2.06 bits per heavy atom. The summed E-state index contributed by atoms with van der Waals surface area (Å²) in [6, 6.07) is 2.43. The first-order valence-corrected chi connectivity index (χ1v) is 5.40. The Labute approximate surface area is 98.6 Å². The van der Waals surface area contributed by atoms with E-state index in [0.29, 0.717) is 12.4 Å². The third-order valence-corrected chi connectivity index (χ3v) is 2.34. The molecule has 1 N–H and O–H groups in total. The summed E-state index contributed by atoms with van der Waals surface area (Å²) in [7, 11) is 1.80. The van der Waals surface area contributed by atoms with E-state index < -0.39 is 11.7 Å². The molecule has 0 unspecified atom stereocenters. The molecule has 0 aliphatic rings. The molecule has 0 fully saturated rings. The van der Waals surface area contributed by atoms with Gasteiger partial charge in [-0.3, -0.25) is 0 Å². The predicted octanol–water partition coefficient (Wildman–Crippen LogP) is 2.15. The molecule has 0 saturated heterocycles. The lowest BCUT2D eigenvalue weighted by atomic mass is 10.3. The predicted molar refractivity (Wildman–Crippen MR) is 61.1 cm³/mol. The maximum absolute atomic E-state index is 12.3. The van der Waals surface area contributed by atoms with Gasteiger partial charge in [-0.25, -0.2) is 4.98 Å². The van der Waals surface area contributed by atoms with Crippen LogP contribution >= 0.6 is 0 Å². The monoisotopic (exact) mass is 247 g/mol. The van der Waals surface area contributed by atoms with Crippen LogP contribution in [0.15, 0.2) is 18.3 Å². The summed E-state index contributed by atoms with van der Waals surface area (Å²) in [5.74, 6) is 0.538. The van der Waals surface area contributed by atoms with Crippen LogP contribution in [0, 0.1) is 0 Å². The van der Waals surface area contributed by atoms with Gasteiger partial charge < -0.3 is 10.2 Å². The topological polar surface area (TPSA) is 28.2 Å². The van der Waals surface area contributed by atoms with Gasteiger partial charge >= 0.3 is 6.18 Å². The van der Waals surface area contributed by atoms with E-state index in [4.69, 9.17) is 0 Å². The highest BCUT2D eigenvalue weighted by atomic mass is 19.4. The van der Waals surface area contributed by atoms with Crippen LogP contribution in [0.5, 0.6) is 0 Å². The van der Waals surface area contributed by atoms with E-state index in [1.54, 1.807) is 7.05 Å². The average molecular weight is 247 g/mol. The Morgan fingerprint density at radius 3 is 2.53 bits per heavy atom. The summed E-state index contributed by atoms with van der Waals surface area (Å²) in [5.41, 5.74) is -0.721. The van der Waals surface area contributed by atoms with Crippen molar-refractivity contribution in [1.82, 2.24) is 10.3 Å². The molecule has 0 aromatic carbocycles. The number of likely N-dealkylation sites (N-methyl/N-ethyl adjacent to an activating group) is 2. The molecule has 1 aromatic heterocycles. The van der Waals surface area contributed by atoms with Crippen molar-refractivity contribution in [2.24, 2.45) is 0 Å². The Hall–Kier alpha value is -1.30. The number of hydrogen-bond donors (Lipinski definition) is 1. The Kier molecular flexibility index (Phi) is 4.74. The van der Waals surface area contributed by atoms with Crippen LogP contribution in [0.3, 0.4) is 0 Å². The number of anilines is 1. The van der Waals surface area contributed by atoms with Gasteiger partial charge in [0.15, 0.2) is 0 Å². The first kappa shape index (κ1) is 13.8. The summed E-state index contributed by atoms with van der Waals surface area (Å²) >= 11 is 0. The number of halogens is 3. The highest BCUT2D eigenvalue weighted by molar-refractivity contribution is 5.38. The van der Waals surface area contributed by atoms with E-state index in [2.05, 4.69) is 10.3 Å². The van der Waals surface area contributed by atoms with Gasteiger partial charge in [-0.15, -0.1) is 0 Å². The minimum Gasteiger partial charge on any atom is -0.358 e. The van der Waals surface area contributed by atoms with Crippen molar-refractivity contribution >= 4 is 5.82 Å². The second-order valence-electron chi connectivity index (χ2n) is 3.68. The number of pyridine rings is 1. The SMILES string of the molecule is CCNCCN(C)c1ccc(C(F)(F)F)cn1. The van der Waals surface area contributed by atoms with Crippen molar-refractivity contribution in [3.63, 3.8) is 0 Å².